The monoisotopic (exact) mass is 451 g/mol. The molecule has 1 aromatic rings. The first-order valence-electron chi connectivity index (χ1n) is 9.45. The minimum absolute atomic E-state index is 0.265. The van der Waals surface area contributed by atoms with Crippen molar-refractivity contribution >= 4 is 35.4 Å². The maximum atomic E-state index is 12.1. The van der Waals surface area contributed by atoms with Gasteiger partial charge in [-0.2, -0.15) is 0 Å². The van der Waals surface area contributed by atoms with Gasteiger partial charge in [0.05, 0.1) is 10.5 Å². The Morgan fingerprint density at radius 3 is 1.68 bits per heavy atom. The van der Waals surface area contributed by atoms with Gasteiger partial charge in [0.1, 0.15) is 0 Å². The van der Waals surface area contributed by atoms with Crippen LogP contribution >= 0.6 is 10.7 Å². The molecular weight excluding hydrogens is 422 g/mol. The van der Waals surface area contributed by atoms with Crippen LogP contribution in [0.25, 0.3) is 0 Å². The van der Waals surface area contributed by atoms with Gasteiger partial charge in [-0.3, -0.25) is 4.72 Å². The van der Waals surface area contributed by atoms with Crippen LogP contribution in [0, 0.1) is 0 Å². The molecule has 28 heavy (non-hydrogen) atoms. The van der Waals surface area contributed by atoms with E-state index in [0.717, 1.165) is 26.2 Å². The van der Waals surface area contributed by atoms with Crippen molar-refractivity contribution in [3.63, 3.8) is 0 Å². The normalized spacial score (nSPS) is 21.0. The first-order chi connectivity index (χ1) is 13.1. The number of rotatable bonds is 4. The molecule has 0 aromatic heterocycles. The van der Waals surface area contributed by atoms with E-state index in [1.54, 1.807) is 12.1 Å². The molecule has 3 rings (SSSR count). The fraction of sp³-hybridized carbons (Fsp3) is 0.667. The number of nitrogens with zero attached hydrogens (tertiary/aromatic N) is 2. The predicted octanol–water partition coefficient (Wildman–Crippen LogP) is 2.17. The highest BCUT2D eigenvalue weighted by atomic mass is 35.7. The molecule has 2 heterocycles. The molecule has 0 bridgehead atoms. The fourth-order valence-electron chi connectivity index (χ4n) is 3.32. The third-order valence-electron chi connectivity index (χ3n) is 5.20. The van der Waals surface area contributed by atoms with Crippen molar-refractivity contribution in [3.8, 4) is 0 Å². The Balaban J connectivity index is 0.000000221. The molecule has 0 atom stereocenters. The summed E-state index contributed by atoms with van der Waals surface area (Å²) in [5.41, 5.74) is 0.645. The Morgan fingerprint density at radius 2 is 1.25 bits per heavy atom. The van der Waals surface area contributed by atoms with E-state index in [0.29, 0.717) is 31.4 Å². The van der Waals surface area contributed by atoms with Gasteiger partial charge in [0.25, 0.3) is 0 Å². The number of hydrogen-bond acceptors (Lipinski definition) is 6. The summed E-state index contributed by atoms with van der Waals surface area (Å²) in [5.74, 6) is 0. The van der Waals surface area contributed by atoms with Crippen LogP contribution in [-0.2, 0) is 19.1 Å². The van der Waals surface area contributed by atoms with Crippen LogP contribution in [0.2, 0.25) is 0 Å². The van der Waals surface area contributed by atoms with Crippen LogP contribution in [0.3, 0.4) is 0 Å². The zero-order valence-electron chi connectivity index (χ0n) is 16.4. The van der Waals surface area contributed by atoms with Gasteiger partial charge in [0.15, 0.2) is 0 Å². The van der Waals surface area contributed by atoms with Crippen molar-refractivity contribution in [1.82, 2.24) is 9.80 Å². The fourth-order valence-corrected chi connectivity index (χ4v) is 6.09. The van der Waals surface area contributed by atoms with Crippen molar-refractivity contribution in [2.24, 2.45) is 0 Å². The average molecular weight is 452 g/mol. The molecule has 2 aliphatic rings. The first kappa shape index (κ1) is 23.4. The van der Waals surface area contributed by atoms with Gasteiger partial charge < -0.3 is 9.80 Å². The molecule has 7 nitrogen and oxygen atoms in total. The standard InChI is InChI=1S/C12H18N2O2S.C6H12ClNO2S/c1-14-9-7-12(8-10-14)17(15,16)13-11-5-3-2-4-6-11;1-8-4-2-6(3-5-8)11(7,9)10/h2-6,12-13H,7-10H2,1H3;6H,2-5H2,1H3. The molecule has 2 aliphatic heterocycles. The summed E-state index contributed by atoms with van der Waals surface area (Å²) in [7, 11) is 2.68. The molecule has 0 aliphatic carbocycles. The third-order valence-corrected chi connectivity index (χ3v) is 9.09. The van der Waals surface area contributed by atoms with E-state index in [9.17, 15) is 16.8 Å². The molecule has 0 radical (unpaired) electrons. The summed E-state index contributed by atoms with van der Waals surface area (Å²) in [6.07, 6.45) is 2.75. The Labute approximate surface area is 173 Å². The quantitative estimate of drug-likeness (QED) is 0.706. The maximum absolute atomic E-state index is 12.1. The van der Waals surface area contributed by atoms with Gasteiger partial charge in [-0.1, -0.05) is 18.2 Å². The SMILES string of the molecule is CN1CCC(S(=O)(=O)Cl)CC1.CN1CCC(S(=O)(=O)Nc2ccccc2)CC1. The summed E-state index contributed by atoms with van der Waals surface area (Å²) < 4.78 is 48.6. The lowest BCUT2D eigenvalue weighted by Crippen LogP contribution is -2.39. The lowest BCUT2D eigenvalue weighted by Gasteiger charge is -2.28. The number of para-hydroxylation sites is 1. The Bertz CT molecular complexity index is 802. The highest BCUT2D eigenvalue weighted by Crippen LogP contribution is 2.20. The summed E-state index contributed by atoms with van der Waals surface area (Å²) in [5, 5.41) is -0.584. The molecule has 160 valence electrons. The summed E-state index contributed by atoms with van der Waals surface area (Å²) >= 11 is 0. The van der Waals surface area contributed by atoms with Crippen LogP contribution in [0.4, 0.5) is 5.69 Å². The predicted molar refractivity (Wildman–Crippen MR) is 115 cm³/mol. The lowest BCUT2D eigenvalue weighted by molar-refractivity contribution is 0.278. The third kappa shape index (κ3) is 7.51. The zero-order chi connectivity index (χ0) is 20.8. The van der Waals surface area contributed by atoms with Crippen molar-refractivity contribution in [2.75, 3.05) is 45.0 Å². The van der Waals surface area contributed by atoms with E-state index in [2.05, 4.69) is 14.5 Å². The molecule has 0 saturated carbocycles. The first-order valence-corrected chi connectivity index (χ1v) is 13.4. The second-order valence-electron chi connectivity index (χ2n) is 7.49. The Hall–Kier alpha value is -0.870. The molecule has 1 N–H and O–H groups in total. The van der Waals surface area contributed by atoms with Crippen LogP contribution in [0.5, 0.6) is 0 Å². The molecular formula is C18H30ClN3O4S2. The number of anilines is 1. The number of benzene rings is 1. The number of likely N-dealkylation sites (tertiary alicyclic amines) is 2. The van der Waals surface area contributed by atoms with E-state index in [1.165, 1.54) is 0 Å². The summed E-state index contributed by atoms with van der Waals surface area (Å²) in [4.78, 5) is 4.27. The number of piperidine rings is 2. The molecule has 0 unspecified atom stereocenters. The van der Waals surface area contributed by atoms with Gasteiger partial charge in [-0.25, -0.2) is 16.8 Å². The van der Waals surface area contributed by atoms with Gasteiger partial charge in [0, 0.05) is 16.4 Å². The largest absolute Gasteiger partial charge is 0.306 e. The molecule has 0 spiro atoms. The minimum Gasteiger partial charge on any atom is -0.306 e. The van der Waals surface area contributed by atoms with Crippen molar-refractivity contribution < 1.29 is 16.8 Å². The highest BCUT2D eigenvalue weighted by molar-refractivity contribution is 8.14. The van der Waals surface area contributed by atoms with E-state index >= 15 is 0 Å². The second kappa shape index (κ2) is 10.2. The Morgan fingerprint density at radius 1 is 0.821 bits per heavy atom. The van der Waals surface area contributed by atoms with Gasteiger partial charge in [-0.05, 0) is 78.1 Å². The summed E-state index contributed by atoms with van der Waals surface area (Å²) in [6.45, 7) is 3.36. The van der Waals surface area contributed by atoms with Crippen LogP contribution < -0.4 is 4.72 Å². The second-order valence-corrected chi connectivity index (χ2v) is 12.4. The van der Waals surface area contributed by atoms with Crippen molar-refractivity contribution in [3.05, 3.63) is 30.3 Å². The lowest BCUT2D eigenvalue weighted by atomic mass is 10.1. The molecule has 1 aromatic carbocycles. The average Bonchev–Trinajstić information content (AvgIpc) is 2.63. The van der Waals surface area contributed by atoms with E-state index in [4.69, 9.17) is 10.7 Å². The molecule has 10 heteroatoms. The molecule has 2 saturated heterocycles. The topological polar surface area (TPSA) is 86.8 Å². The number of sulfonamides is 1. The van der Waals surface area contributed by atoms with Crippen LogP contribution in [0.1, 0.15) is 25.7 Å². The van der Waals surface area contributed by atoms with Gasteiger partial charge in [-0.15, -0.1) is 0 Å². The van der Waals surface area contributed by atoms with Crippen molar-refractivity contribution in [2.45, 2.75) is 36.2 Å². The van der Waals surface area contributed by atoms with Gasteiger partial charge >= 0.3 is 0 Å². The van der Waals surface area contributed by atoms with E-state index in [-0.39, 0.29) is 10.5 Å². The molecule has 0 amide bonds. The molecule has 2 fully saturated rings. The number of hydrogen-bond donors (Lipinski definition) is 1. The Kier molecular flexibility index (Phi) is 8.57. The number of halogens is 1. The van der Waals surface area contributed by atoms with Crippen LogP contribution in [-0.4, -0.2) is 77.4 Å². The van der Waals surface area contributed by atoms with E-state index in [1.807, 2.05) is 32.3 Å². The zero-order valence-corrected chi connectivity index (χ0v) is 18.8. The number of nitrogens with one attached hydrogen (secondary N) is 1. The summed E-state index contributed by atoms with van der Waals surface area (Å²) in [6, 6.07) is 9.06. The van der Waals surface area contributed by atoms with E-state index < -0.39 is 19.1 Å². The minimum atomic E-state index is -3.30. The smallest absolute Gasteiger partial charge is 0.235 e. The highest BCUT2D eigenvalue weighted by Gasteiger charge is 2.29. The maximum Gasteiger partial charge on any atom is 0.235 e. The van der Waals surface area contributed by atoms with Gasteiger partial charge in [0.2, 0.25) is 19.1 Å². The van der Waals surface area contributed by atoms with Crippen LogP contribution in [0.15, 0.2) is 30.3 Å². The van der Waals surface area contributed by atoms with Crippen molar-refractivity contribution in [1.29, 1.82) is 0 Å².